The number of carbonyl (C=O) groups excluding carboxylic acids is 1. The number of carbonyl (C=O) groups is 1. The third kappa shape index (κ3) is 4.88. The molecule has 0 aliphatic carbocycles. The van der Waals surface area contributed by atoms with Crippen LogP contribution in [0.3, 0.4) is 0 Å². The van der Waals surface area contributed by atoms with E-state index < -0.39 is 0 Å². The van der Waals surface area contributed by atoms with E-state index >= 15 is 0 Å². The van der Waals surface area contributed by atoms with Gasteiger partial charge in [-0.2, -0.15) is 0 Å². The number of nitrogens with zero attached hydrogens (tertiary/aromatic N) is 3. The number of benzene rings is 2. The Kier molecular flexibility index (Phi) is 6.23. The van der Waals surface area contributed by atoms with Gasteiger partial charge < -0.3 is 9.73 Å². The first kappa shape index (κ1) is 20.9. The van der Waals surface area contributed by atoms with Crippen molar-refractivity contribution in [1.29, 1.82) is 0 Å². The molecule has 6 nitrogen and oxygen atoms in total. The number of thioether (sulfide) groups is 1. The van der Waals surface area contributed by atoms with Crippen LogP contribution in [-0.4, -0.2) is 25.9 Å². The molecule has 4 aromatic rings. The van der Waals surface area contributed by atoms with Gasteiger partial charge in [-0.25, -0.2) is 0 Å². The number of furan rings is 1. The van der Waals surface area contributed by atoms with Crippen LogP contribution < -0.4 is 5.32 Å². The average molecular weight is 433 g/mol. The highest BCUT2D eigenvalue weighted by molar-refractivity contribution is 8.00. The number of hydrogen-bond donors (Lipinski definition) is 1. The molecule has 0 saturated carbocycles. The van der Waals surface area contributed by atoms with Gasteiger partial charge in [0.05, 0.1) is 23.6 Å². The molecule has 2 aromatic heterocycles. The first-order chi connectivity index (χ1) is 15.0. The number of aromatic nitrogens is 3. The Morgan fingerprint density at radius 3 is 2.48 bits per heavy atom. The first-order valence-corrected chi connectivity index (χ1v) is 10.9. The van der Waals surface area contributed by atoms with Crippen molar-refractivity contribution in [3.63, 3.8) is 0 Å². The Morgan fingerprint density at radius 1 is 1.06 bits per heavy atom. The number of amides is 1. The zero-order chi connectivity index (χ0) is 21.8. The maximum atomic E-state index is 12.8. The van der Waals surface area contributed by atoms with Crippen LogP contribution in [-0.2, 0) is 11.3 Å². The predicted octanol–water partition coefficient (Wildman–Crippen LogP) is 5.32. The summed E-state index contributed by atoms with van der Waals surface area (Å²) in [6.07, 6.45) is 1.65. The highest BCUT2D eigenvalue weighted by Crippen LogP contribution is 2.30. The number of hydrogen-bond acceptors (Lipinski definition) is 5. The second-order valence-electron chi connectivity index (χ2n) is 7.38. The minimum Gasteiger partial charge on any atom is -0.469 e. The predicted molar refractivity (Wildman–Crippen MR) is 123 cm³/mol. The second-order valence-corrected chi connectivity index (χ2v) is 8.69. The standard InChI is InChI=1S/C24H24N4O2S/c1-16-9-11-20(12-10-16)25-23(29)18(3)31-24-27-26-22(21-13-14-30-17(21)2)28(24)15-19-7-5-4-6-8-19/h4-14,18H,15H2,1-3H3,(H,25,29). The van der Waals surface area contributed by atoms with Crippen LogP contribution in [0.25, 0.3) is 11.4 Å². The van der Waals surface area contributed by atoms with Crippen LogP contribution in [0.15, 0.2) is 76.5 Å². The van der Waals surface area contributed by atoms with Crippen LogP contribution in [0.2, 0.25) is 0 Å². The Morgan fingerprint density at radius 2 is 1.81 bits per heavy atom. The molecule has 0 spiro atoms. The molecule has 0 radical (unpaired) electrons. The van der Waals surface area contributed by atoms with Gasteiger partial charge in [-0.1, -0.05) is 59.8 Å². The summed E-state index contributed by atoms with van der Waals surface area (Å²) in [5, 5.41) is 12.1. The first-order valence-electron chi connectivity index (χ1n) is 10.1. The van der Waals surface area contributed by atoms with Gasteiger partial charge in [-0.05, 0) is 44.5 Å². The van der Waals surface area contributed by atoms with E-state index in [0.717, 1.165) is 34.0 Å². The number of anilines is 1. The molecule has 1 unspecified atom stereocenters. The van der Waals surface area contributed by atoms with Gasteiger partial charge in [0.15, 0.2) is 11.0 Å². The fourth-order valence-electron chi connectivity index (χ4n) is 3.19. The van der Waals surface area contributed by atoms with Crippen molar-refractivity contribution in [2.45, 2.75) is 37.7 Å². The van der Waals surface area contributed by atoms with E-state index in [-0.39, 0.29) is 11.2 Å². The minimum absolute atomic E-state index is 0.0795. The van der Waals surface area contributed by atoms with Crippen molar-refractivity contribution in [3.8, 4) is 11.4 Å². The molecule has 7 heteroatoms. The Bertz CT molecular complexity index is 1170. The molecule has 2 aromatic carbocycles. The highest BCUT2D eigenvalue weighted by atomic mass is 32.2. The fourth-order valence-corrected chi connectivity index (χ4v) is 4.04. The molecule has 0 fully saturated rings. The molecule has 31 heavy (non-hydrogen) atoms. The van der Waals surface area contributed by atoms with E-state index in [1.54, 1.807) is 6.26 Å². The molecule has 0 saturated heterocycles. The third-order valence-electron chi connectivity index (χ3n) is 4.97. The van der Waals surface area contributed by atoms with Gasteiger partial charge in [-0.15, -0.1) is 10.2 Å². The van der Waals surface area contributed by atoms with Crippen LogP contribution in [0.1, 0.15) is 23.8 Å². The van der Waals surface area contributed by atoms with E-state index in [2.05, 4.69) is 27.6 Å². The van der Waals surface area contributed by atoms with Gasteiger partial charge in [-0.3, -0.25) is 9.36 Å². The maximum absolute atomic E-state index is 12.8. The summed E-state index contributed by atoms with van der Waals surface area (Å²) in [5.74, 6) is 1.43. The summed E-state index contributed by atoms with van der Waals surface area (Å²) in [4.78, 5) is 12.8. The van der Waals surface area contributed by atoms with Gasteiger partial charge in [0.2, 0.25) is 5.91 Å². The lowest BCUT2D eigenvalue weighted by atomic mass is 10.2. The average Bonchev–Trinajstić information content (AvgIpc) is 3.36. The molecule has 1 atom stereocenters. The van der Waals surface area contributed by atoms with Gasteiger partial charge in [0.1, 0.15) is 5.76 Å². The normalized spacial score (nSPS) is 12.0. The number of aryl methyl sites for hydroxylation is 2. The summed E-state index contributed by atoms with van der Waals surface area (Å²) in [5.41, 5.74) is 3.95. The fraction of sp³-hybridized carbons (Fsp3) is 0.208. The van der Waals surface area contributed by atoms with Crippen LogP contribution in [0.5, 0.6) is 0 Å². The van der Waals surface area contributed by atoms with Crippen molar-refractivity contribution in [2.24, 2.45) is 0 Å². The van der Waals surface area contributed by atoms with Crippen LogP contribution in [0.4, 0.5) is 5.69 Å². The molecule has 158 valence electrons. The van der Waals surface area contributed by atoms with Crippen molar-refractivity contribution < 1.29 is 9.21 Å². The lowest BCUT2D eigenvalue weighted by molar-refractivity contribution is -0.115. The summed E-state index contributed by atoms with van der Waals surface area (Å²) in [6, 6.07) is 19.8. The van der Waals surface area contributed by atoms with Gasteiger partial charge in [0.25, 0.3) is 0 Å². The monoisotopic (exact) mass is 432 g/mol. The molecule has 2 heterocycles. The van der Waals surface area contributed by atoms with E-state index in [1.165, 1.54) is 11.8 Å². The van der Waals surface area contributed by atoms with Gasteiger partial charge in [0, 0.05) is 5.69 Å². The largest absolute Gasteiger partial charge is 0.469 e. The zero-order valence-electron chi connectivity index (χ0n) is 17.7. The zero-order valence-corrected chi connectivity index (χ0v) is 18.5. The topological polar surface area (TPSA) is 73.0 Å². The maximum Gasteiger partial charge on any atom is 0.237 e. The van der Waals surface area contributed by atoms with Crippen LogP contribution >= 0.6 is 11.8 Å². The van der Waals surface area contributed by atoms with Crippen molar-refractivity contribution in [3.05, 3.63) is 83.8 Å². The lowest BCUT2D eigenvalue weighted by Crippen LogP contribution is -2.23. The highest BCUT2D eigenvalue weighted by Gasteiger charge is 2.22. The second kappa shape index (κ2) is 9.22. The molecule has 1 amide bonds. The Hall–Kier alpha value is -3.32. The van der Waals surface area contributed by atoms with Crippen molar-refractivity contribution in [1.82, 2.24) is 14.8 Å². The third-order valence-corrected chi connectivity index (χ3v) is 6.05. The smallest absolute Gasteiger partial charge is 0.237 e. The Labute approximate surface area is 185 Å². The summed E-state index contributed by atoms with van der Waals surface area (Å²) < 4.78 is 7.51. The number of nitrogens with one attached hydrogen (secondary N) is 1. The molecular weight excluding hydrogens is 408 g/mol. The van der Waals surface area contributed by atoms with Crippen molar-refractivity contribution in [2.75, 3.05) is 5.32 Å². The molecule has 0 aliphatic rings. The molecule has 0 aliphatic heterocycles. The Balaban J connectivity index is 1.58. The van der Waals surface area contributed by atoms with E-state index in [0.29, 0.717) is 11.7 Å². The van der Waals surface area contributed by atoms with Gasteiger partial charge >= 0.3 is 0 Å². The SMILES string of the molecule is Cc1ccc(NC(=O)C(C)Sc2nnc(-c3ccoc3C)n2Cc2ccccc2)cc1. The van der Waals surface area contributed by atoms with Crippen LogP contribution in [0, 0.1) is 13.8 Å². The van der Waals surface area contributed by atoms with Crippen molar-refractivity contribution >= 4 is 23.4 Å². The summed E-state index contributed by atoms with van der Waals surface area (Å²) >= 11 is 1.39. The molecule has 1 N–H and O–H groups in total. The summed E-state index contributed by atoms with van der Waals surface area (Å²) in [6.45, 7) is 6.39. The lowest BCUT2D eigenvalue weighted by Gasteiger charge is -2.14. The van der Waals surface area contributed by atoms with E-state index in [9.17, 15) is 4.79 Å². The quantitative estimate of drug-likeness (QED) is 0.400. The van der Waals surface area contributed by atoms with E-state index in [1.807, 2.05) is 73.9 Å². The van der Waals surface area contributed by atoms with E-state index in [4.69, 9.17) is 4.42 Å². The molecule has 0 bridgehead atoms. The molecule has 4 rings (SSSR count). The minimum atomic E-state index is -0.349. The summed E-state index contributed by atoms with van der Waals surface area (Å²) in [7, 11) is 0. The molecular formula is C24H24N4O2S. The number of rotatable bonds is 7.